The third-order valence-corrected chi connectivity index (χ3v) is 24.3. The second-order valence-corrected chi connectivity index (χ2v) is 34.0. The Morgan fingerprint density at radius 2 is 0.837 bits per heavy atom. The molecule has 1 saturated heterocycles. The molecule has 536 valence electrons. The van der Waals surface area contributed by atoms with Crippen LogP contribution >= 0.6 is 0 Å². The number of urea groups is 1. The zero-order chi connectivity index (χ0) is 67.0. The number of carbonyl (C=O) groups excluding carboxylic acids is 2. The molecule has 0 bridgehead atoms. The summed E-state index contributed by atoms with van der Waals surface area (Å²) in [7, 11) is -2.24. The standard InChI is InChI=1S/C79H147N3O9Si/c1-10-13-16-19-22-25-28-31-34-37-40-43-46-49-52-55-60-87-71-63-70(75(84)77(80)58-59-82(76(85)81-77)79(92(68(6)7)69(8)9)66-78(86,90-67(4)5)73(65-83)91-79)64-72(88-61-56-53-50-47-44-41-38-35-32-29-26-23-20-17-14-11-2)74(71)89-62-57-54-51-48-45-42-39-36-33-30-27-24-21-18-15-12-3/h58-59,63-64,67-69,73,83,86,92H,10-57,60-62,65-66,80H2,1-9H3,(H,81,85)/t73-,77?,78-,79+/m1/s1. The third kappa shape index (κ3) is 33.5. The van der Waals surface area contributed by atoms with Crippen molar-refractivity contribution in [2.75, 3.05) is 26.4 Å². The Labute approximate surface area is 567 Å². The largest absolute Gasteiger partial charge is 0.490 e. The fourth-order valence-electron chi connectivity index (χ4n) is 14.6. The lowest BCUT2D eigenvalue weighted by atomic mass is 9.96. The van der Waals surface area contributed by atoms with E-state index in [2.05, 4.69) is 53.8 Å². The number of carbonyl (C=O) groups is 2. The third-order valence-electron chi connectivity index (χ3n) is 19.8. The number of hydrogen-bond acceptors (Lipinski definition) is 10. The van der Waals surface area contributed by atoms with E-state index in [1.165, 1.54) is 268 Å². The van der Waals surface area contributed by atoms with Crippen molar-refractivity contribution in [3.05, 3.63) is 30.0 Å². The Balaban J connectivity index is 1.80. The number of amides is 2. The fourth-order valence-corrected chi connectivity index (χ4v) is 19.6. The van der Waals surface area contributed by atoms with Gasteiger partial charge in [-0.15, -0.1) is 0 Å². The quantitative estimate of drug-likeness (QED) is 0.0214. The molecule has 0 saturated carbocycles. The van der Waals surface area contributed by atoms with Crippen LogP contribution in [0, 0.1) is 0 Å². The molecule has 12 nitrogen and oxygen atoms in total. The van der Waals surface area contributed by atoms with E-state index < -0.39 is 50.1 Å². The van der Waals surface area contributed by atoms with Crippen LogP contribution in [0.5, 0.6) is 17.2 Å². The van der Waals surface area contributed by atoms with Crippen molar-refractivity contribution in [3.63, 3.8) is 0 Å². The fraction of sp³-hybridized carbons (Fsp3) is 0.873. The van der Waals surface area contributed by atoms with Gasteiger partial charge in [0.15, 0.2) is 22.9 Å². The van der Waals surface area contributed by atoms with Gasteiger partial charge in [0.05, 0.1) is 32.5 Å². The average molecular weight is 1310 g/mol. The number of ketones is 1. The van der Waals surface area contributed by atoms with Crippen molar-refractivity contribution in [3.8, 4) is 17.2 Å². The first-order valence-corrected chi connectivity index (χ1v) is 41.4. The van der Waals surface area contributed by atoms with Gasteiger partial charge >= 0.3 is 6.03 Å². The highest BCUT2D eigenvalue weighted by atomic mass is 28.3. The van der Waals surface area contributed by atoms with E-state index in [0.29, 0.717) is 37.1 Å². The number of aliphatic hydroxyl groups is 2. The molecule has 0 radical (unpaired) electrons. The predicted molar refractivity (Wildman–Crippen MR) is 390 cm³/mol. The van der Waals surface area contributed by atoms with Crippen LogP contribution in [0.3, 0.4) is 0 Å². The maximum Gasteiger partial charge on any atom is 0.325 e. The highest BCUT2D eigenvalue weighted by Gasteiger charge is 2.65. The first-order valence-electron chi connectivity index (χ1n) is 39.5. The van der Waals surface area contributed by atoms with E-state index >= 15 is 4.79 Å². The van der Waals surface area contributed by atoms with Crippen molar-refractivity contribution in [2.24, 2.45) is 5.73 Å². The lowest BCUT2D eigenvalue weighted by Gasteiger charge is -2.49. The number of hydrogen-bond donors (Lipinski definition) is 4. The summed E-state index contributed by atoms with van der Waals surface area (Å²) in [5, 5.41) is 24.3. The van der Waals surface area contributed by atoms with Gasteiger partial charge in [-0.2, -0.15) is 0 Å². The predicted octanol–water partition coefficient (Wildman–Crippen LogP) is 22.2. The van der Waals surface area contributed by atoms with Crippen LogP contribution < -0.4 is 25.3 Å². The molecular weight excluding hydrogens is 1160 g/mol. The molecule has 2 aliphatic rings. The highest BCUT2D eigenvalue weighted by molar-refractivity contribution is 6.65. The summed E-state index contributed by atoms with van der Waals surface area (Å²) < 4.78 is 33.0. The summed E-state index contributed by atoms with van der Waals surface area (Å²) in [6, 6.07) is 2.83. The zero-order valence-corrected chi connectivity index (χ0v) is 62.6. The number of Topliss-reactive ketones (excluding diaryl/α,β-unsaturated/α-hetero) is 1. The zero-order valence-electron chi connectivity index (χ0n) is 61.4. The first-order chi connectivity index (χ1) is 44.6. The molecule has 3 rings (SSSR count). The van der Waals surface area contributed by atoms with E-state index in [-0.39, 0.29) is 29.2 Å². The molecule has 13 heteroatoms. The van der Waals surface area contributed by atoms with Gasteiger partial charge < -0.3 is 39.2 Å². The summed E-state index contributed by atoms with van der Waals surface area (Å²) >= 11 is 0. The molecule has 0 aliphatic carbocycles. The number of nitrogens with zero attached hydrogens (tertiary/aromatic N) is 1. The van der Waals surface area contributed by atoms with Gasteiger partial charge in [-0.25, -0.2) is 4.79 Å². The summed E-state index contributed by atoms with van der Waals surface area (Å²) in [6.45, 7) is 19.9. The number of unbranched alkanes of at least 4 members (excludes halogenated alkanes) is 45. The van der Waals surface area contributed by atoms with Crippen LogP contribution in [0.25, 0.3) is 0 Å². The molecule has 1 fully saturated rings. The van der Waals surface area contributed by atoms with Crippen LogP contribution in [0.1, 0.15) is 387 Å². The van der Waals surface area contributed by atoms with Crippen molar-refractivity contribution >= 4 is 20.6 Å². The van der Waals surface area contributed by atoms with Gasteiger partial charge in [-0.3, -0.25) is 15.4 Å². The summed E-state index contributed by atoms with van der Waals surface area (Å²) in [5.41, 5.74) is 5.60. The van der Waals surface area contributed by atoms with E-state index in [0.717, 1.165) is 51.4 Å². The minimum atomic E-state index is -2.24. The Morgan fingerprint density at radius 1 is 0.533 bits per heavy atom. The van der Waals surface area contributed by atoms with E-state index in [9.17, 15) is 15.0 Å². The van der Waals surface area contributed by atoms with Crippen LogP contribution in [-0.4, -0.2) is 91.2 Å². The number of rotatable bonds is 63. The monoisotopic (exact) mass is 1310 g/mol. The first kappa shape index (κ1) is 83.5. The van der Waals surface area contributed by atoms with Gasteiger partial charge in [0.25, 0.3) is 0 Å². The topological polar surface area (TPSA) is 162 Å². The Kier molecular flexibility index (Phi) is 46.8. The van der Waals surface area contributed by atoms with Crippen molar-refractivity contribution < 1.29 is 43.5 Å². The Morgan fingerprint density at radius 3 is 1.12 bits per heavy atom. The highest BCUT2D eigenvalue weighted by Crippen LogP contribution is 2.49. The molecule has 5 N–H and O–H groups in total. The van der Waals surface area contributed by atoms with Gasteiger partial charge in [-0.05, 0) is 62.4 Å². The second-order valence-electron chi connectivity index (χ2n) is 29.4. The van der Waals surface area contributed by atoms with E-state index in [4.69, 9.17) is 29.4 Å². The normalized spacial score (nSPS) is 19.2. The molecule has 2 amide bonds. The minimum Gasteiger partial charge on any atom is -0.490 e. The number of nitrogens with two attached hydrogens (primary N) is 1. The molecule has 2 aliphatic heterocycles. The number of benzene rings is 1. The molecule has 1 aromatic carbocycles. The van der Waals surface area contributed by atoms with Gasteiger partial charge in [-0.1, -0.05) is 337 Å². The van der Waals surface area contributed by atoms with Crippen molar-refractivity contribution in [1.82, 2.24) is 10.2 Å². The lowest BCUT2D eigenvalue weighted by Crippen LogP contribution is -2.70. The lowest BCUT2D eigenvalue weighted by molar-refractivity contribution is -0.252. The second kappa shape index (κ2) is 51.5. The van der Waals surface area contributed by atoms with Crippen molar-refractivity contribution in [2.45, 2.75) is 417 Å². The molecule has 2 heterocycles. The van der Waals surface area contributed by atoms with Crippen LogP contribution in [0.2, 0.25) is 11.1 Å². The molecule has 1 unspecified atom stereocenters. The summed E-state index contributed by atoms with van der Waals surface area (Å²) in [4.78, 5) is 31.5. The van der Waals surface area contributed by atoms with E-state index in [1.54, 1.807) is 18.3 Å². The molecule has 4 atom stereocenters. The average Bonchev–Trinajstić information content (AvgIpc) is 1.51. The van der Waals surface area contributed by atoms with Gasteiger partial charge in [0, 0.05) is 18.2 Å². The molecule has 92 heavy (non-hydrogen) atoms. The summed E-state index contributed by atoms with van der Waals surface area (Å²) in [6.07, 6.45) is 63.4. The van der Waals surface area contributed by atoms with Gasteiger partial charge in [0.2, 0.25) is 11.5 Å². The van der Waals surface area contributed by atoms with Gasteiger partial charge in [0.1, 0.15) is 20.2 Å². The molecular formula is C79H147N3O9Si. The molecule has 1 aromatic rings. The smallest absolute Gasteiger partial charge is 0.325 e. The number of aliphatic hydroxyl groups excluding tert-OH is 1. The molecule has 0 aromatic heterocycles. The van der Waals surface area contributed by atoms with Crippen molar-refractivity contribution in [1.29, 1.82) is 0 Å². The van der Waals surface area contributed by atoms with Crippen LogP contribution in [0.15, 0.2) is 24.4 Å². The maximum atomic E-state index is 15.2. The van der Waals surface area contributed by atoms with Crippen LogP contribution in [-0.2, 0) is 9.47 Å². The van der Waals surface area contributed by atoms with E-state index in [1.807, 2.05) is 13.8 Å². The number of nitrogens with one attached hydrogen (secondary N) is 1. The SMILES string of the molecule is CCCCCCCCCCCCCCCCCCOc1cc(C(=O)C2(N)C=CN([C@@]3([SiH](C(C)C)C(C)C)C[C@@](O)(OC(C)C)[C@@H](CO)O3)C(=O)N2)cc(OCCCCCCCCCCCCCCCCCC)c1OCCCCCCCCCCCCCCCCCC. The Hall–Kier alpha value is -2.68. The van der Waals surface area contributed by atoms with Crippen LogP contribution in [0.4, 0.5) is 4.79 Å². The minimum absolute atomic E-state index is 0.0684. The molecule has 0 spiro atoms. The Bertz CT molecular complexity index is 1960. The summed E-state index contributed by atoms with van der Waals surface area (Å²) in [5.74, 6) is -0.968. The number of ether oxygens (including phenoxy) is 5. The maximum absolute atomic E-state index is 15.2.